The standard InChI is InChI=1S/C13H22N2/c1-4-7-10(2)15-11(3)14-12-8-5-6-9-13(12)15/h10H,4-9H2,1-3H3. The number of aryl methyl sites for hydroxylation is 2. The van der Waals surface area contributed by atoms with Crippen molar-refractivity contribution in [2.45, 2.75) is 65.3 Å². The molecule has 2 nitrogen and oxygen atoms in total. The van der Waals surface area contributed by atoms with Crippen LogP contribution in [0.5, 0.6) is 0 Å². The quantitative estimate of drug-likeness (QED) is 0.741. The van der Waals surface area contributed by atoms with Gasteiger partial charge >= 0.3 is 0 Å². The summed E-state index contributed by atoms with van der Waals surface area (Å²) in [6, 6.07) is 0.629. The van der Waals surface area contributed by atoms with Gasteiger partial charge in [-0.1, -0.05) is 13.3 Å². The number of aromatic nitrogens is 2. The fourth-order valence-electron chi connectivity index (χ4n) is 2.83. The Kier molecular flexibility index (Phi) is 3.13. The van der Waals surface area contributed by atoms with Gasteiger partial charge in [-0.05, 0) is 46.0 Å². The largest absolute Gasteiger partial charge is 0.329 e. The highest BCUT2D eigenvalue weighted by Gasteiger charge is 2.20. The summed E-state index contributed by atoms with van der Waals surface area (Å²) in [4.78, 5) is 4.72. The first-order chi connectivity index (χ1) is 7.24. The average molecular weight is 206 g/mol. The summed E-state index contributed by atoms with van der Waals surface area (Å²) >= 11 is 0. The first kappa shape index (κ1) is 10.7. The van der Waals surface area contributed by atoms with Gasteiger partial charge in [0.25, 0.3) is 0 Å². The summed E-state index contributed by atoms with van der Waals surface area (Å²) in [7, 11) is 0. The van der Waals surface area contributed by atoms with Crippen molar-refractivity contribution in [3.8, 4) is 0 Å². The molecule has 1 aliphatic carbocycles. The Morgan fingerprint density at radius 1 is 1.33 bits per heavy atom. The van der Waals surface area contributed by atoms with Crippen molar-refractivity contribution in [1.29, 1.82) is 0 Å². The van der Waals surface area contributed by atoms with E-state index >= 15 is 0 Å². The molecular formula is C13H22N2. The van der Waals surface area contributed by atoms with Crippen LogP contribution < -0.4 is 0 Å². The van der Waals surface area contributed by atoms with Crippen molar-refractivity contribution < 1.29 is 0 Å². The Morgan fingerprint density at radius 3 is 2.80 bits per heavy atom. The summed E-state index contributed by atoms with van der Waals surface area (Å²) in [5, 5.41) is 0. The van der Waals surface area contributed by atoms with E-state index in [-0.39, 0.29) is 0 Å². The predicted octanol–water partition coefficient (Wildman–Crippen LogP) is 3.43. The maximum Gasteiger partial charge on any atom is 0.106 e. The second-order valence-electron chi connectivity index (χ2n) is 4.77. The summed E-state index contributed by atoms with van der Waals surface area (Å²) in [5.41, 5.74) is 2.90. The lowest BCUT2D eigenvalue weighted by atomic mass is 10.0. The van der Waals surface area contributed by atoms with Crippen molar-refractivity contribution in [2.24, 2.45) is 0 Å². The van der Waals surface area contributed by atoms with Crippen LogP contribution in [0, 0.1) is 6.92 Å². The van der Waals surface area contributed by atoms with Crippen LogP contribution >= 0.6 is 0 Å². The van der Waals surface area contributed by atoms with E-state index in [9.17, 15) is 0 Å². The third-order valence-corrected chi connectivity index (χ3v) is 3.49. The first-order valence-electron chi connectivity index (χ1n) is 6.30. The van der Waals surface area contributed by atoms with Gasteiger partial charge in [-0.3, -0.25) is 0 Å². The van der Waals surface area contributed by atoms with E-state index in [4.69, 9.17) is 4.98 Å². The lowest BCUT2D eigenvalue weighted by Gasteiger charge is -2.20. The van der Waals surface area contributed by atoms with Crippen LogP contribution in [0.2, 0.25) is 0 Å². The summed E-state index contributed by atoms with van der Waals surface area (Å²) in [6.07, 6.45) is 7.63. The Balaban J connectivity index is 2.32. The molecule has 1 heterocycles. The van der Waals surface area contributed by atoms with Crippen molar-refractivity contribution in [1.82, 2.24) is 9.55 Å². The zero-order valence-electron chi connectivity index (χ0n) is 10.2. The fraction of sp³-hybridized carbons (Fsp3) is 0.769. The Morgan fingerprint density at radius 2 is 2.07 bits per heavy atom. The number of rotatable bonds is 3. The maximum absolute atomic E-state index is 4.72. The third kappa shape index (κ3) is 1.95. The average Bonchev–Trinajstić information content (AvgIpc) is 2.54. The molecule has 2 rings (SSSR count). The maximum atomic E-state index is 4.72. The molecule has 1 aliphatic rings. The van der Waals surface area contributed by atoms with E-state index in [1.54, 1.807) is 0 Å². The highest BCUT2D eigenvalue weighted by Crippen LogP contribution is 2.26. The second kappa shape index (κ2) is 4.38. The van der Waals surface area contributed by atoms with Gasteiger partial charge in [0.05, 0.1) is 5.69 Å². The zero-order valence-corrected chi connectivity index (χ0v) is 10.2. The normalized spacial score (nSPS) is 17.5. The molecule has 0 aliphatic heterocycles. The molecule has 1 atom stereocenters. The van der Waals surface area contributed by atoms with Crippen LogP contribution in [0.3, 0.4) is 0 Å². The number of imidazole rings is 1. The minimum absolute atomic E-state index is 0.629. The van der Waals surface area contributed by atoms with Crippen LogP contribution in [0.15, 0.2) is 0 Å². The topological polar surface area (TPSA) is 17.8 Å². The van der Waals surface area contributed by atoms with Crippen LogP contribution in [0.25, 0.3) is 0 Å². The van der Waals surface area contributed by atoms with Gasteiger partial charge in [0.15, 0.2) is 0 Å². The molecule has 1 aromatic rings. The molecule has 0 saturated heterocycles. The lowest BCUT2D eigenvalue weighted by Crippen LogP contribution is -2.13. The summed E-state index contributed by atoms with van der Waals surface area (Å²) in [5.74, 6) is 1.22. The first-order valence-corrected chi connectivity index (χ1v) is 6.30. The smallest absolute Gasteiger partial charge is 0.106 e. The zero-order chi connectivity index (χ0) is 10.8. The Bertz CT molecular complexity index is 339. The van der Waals surface area contributed by atoms with Gasteiger partial charge in [0.2, 0.25) is 0 Å². The van der Waals surface area contributed by atoms with Gasteiger partial charge in [-0.15, -0.1) is 0 Å². The number of nitrogens with zero attached hydrogens (tertiary/aromatic N) is 2. The van der Waals surface area contributed by atoms with Gasteiger partial charge in [0, 0.05) is 11.7 Å². The van der Waals surface area contributed by atoms with Gasteiger partial charge in [0.1, 0.15) is 5.82 Å². The number of fused-ring (bicyclic) bond motifs is 1. The summed E-state index contributed by atoms with van der Waals surface area (Å²) in [6.45, 7) is 6.74. The highest BCUT2D eigenvalue weighted by atomic mass is 15.1. The van der Waals surface area contributed by atoms with E-state index < -0.39 is 0 Å². The van der Waals surface area contributed by atoms with Crippen LogP contribution in [-0.4, -0.2) is 9.55 Å². The monoisotopic (exact) mass is 206 g/mol. The van der Waals surface area contributed by atoms with E-state index in [0.29, 0.717) is 6.04 Å². The molecule has 1 unspecified atom stereocenters. The molecule has 0 amide bonds. The molecule has 0 bridgehead atoms. The van der Waals surface area contributed by atoms with Gasteiger partial charge < -0.3 is 4.57 Å². The van der Waals surface area contributed by atoms with E-state index in [1.165, 1.54) is 55.7 Å². The molecule has 0 spiro atoms. The molecule has 0 saturated carbocycles. The summed E-state index contributed by atoms with van der Waals surface area (Å²) < 4.78 is 2.48. The van der Waals surface area contributed by atoms with Gasteiger partial charge in [-0.25, -0.2) is 4.98 Å². The molecule has 0 fully saturated rings. The van der Waals surface area contributed by atoms with Crippen LogP contribution in [0.1, 0.15) is 62.8 Å². The predicted molar refractivity (Wildman–Crippen MR) is 63.2 cm³/mol. The fourth-order valence-corrected chi connectivity index (χ4v) is 2.83. The molecule has 1 aromatic heterocycles. The molecule has 0 radical (unpaired) electrons. The molecule has 84 valence electrons. The molecule has 2 heteroatoms. The Labute approximate surface area is 92.7 Å². The van der Waals surface area contributed by atoms with Crippen molar-refractivity contribution in [2.75, 3.05) is 0 Å². The number of hydrogen-bond donors (Lipinski definition) is 0. The molecular weight excluding hydrogens is 184 g/mol. The van der Waals surface area contributed by atoms with E-state index in [2.05, 4.69) is 25.3 Å². The molecule has 0 N–H and O–H groups in total. The second-order valence-corrected chi connectivity index (χ2v) is 4.77. The number of hydrogen-bond acceptors (Lipinski definition) is 1. The van der Waals surface area contributed by atoms with Crippen LogP contribution in [-0.2, 0) is 12.8 Å². The van der Waals surface area contributed by atoms with Crippen molar-refractivity contribution >= 4 is 0 Å². The molecule has 0 aromatic carbocycles. The van der Waals surface area contributed by atoms with E-state index in [1.807, 2.05) is 0 Å². The lowest BCUT2D eigenvalue weighted by molar-refractivity contribution is 0.467. The highest BCUT2D eigenvalue weighted by molar-refractivity contribution is 5.20. The van der Waals surface area contributed by atoms with E-state index in [0.717, 1.165) is 0 Å². The SMILES string of the molecule is CCCC(C)n1c(C)nc2c1CCCC2. The Hall–Kier alpha value is -0.790. The third-order valence-electron chi connectivity index (χ3n) is 3.49. The minimum atomic E-state index is 0.629. The van der Waals surface area contributed by atoms with Crippen LogP contribution in [0.4, 0.5) is 0 Å². The van der Waals surface area contributed by atoms with Crippen molar-refractivity contribution in [3.63, 3.8) is 0 Å². The van der Waals surface area contributed by atoms with Gasteiger partial charge in [-0.2, -0.15) is 0 Å². The minimum Gasteiger partial charge on any atom is -0.329 e. The van der Waals surface area contributed by atoms with Crippen molar-refractivity contribution in [3.05, 3.63) is 17.2 Å². The molecule has 15 heavy (non-hydrogen) atoms.